The molecule has 0 saturated heterocycles. The maximum absolute atomic E-state index is 6.82. The highest BCUT2D eigenvalue weighted by atomic mass is 15.6. The van der Waals surface area contributed by atoms with E-state index < -0.39 is 0 Å². The molecule has 0 bridgehead atoms. The summed E-state index contributed by atoms with van der Waals surface area (Å²) < 4.78 is 0. The molecule has 0 spiro atoms. The summed E-state index contributed by atoms with van der Waals surface area (Å²) in [6.45, 7) is 0.384. The predicted molar refractivity (Wildman–Crippen MR) is 29.2 cm³/mol. The standard InChI is InChI=1S/C3H6N5/c4-3(5)8-2-6-1-7-8/h1H,2H2,(H3,4,5). The van der Waals surface area contributed by atoms with Gasteiger partial charge in [-0.05, 0) is 0 Å². The molecule has 1 rings (SSSR count). The number of nitrogens with two attached hydrogens (primary N) is 1. The molecule has 0 saturated carbocycles. The minimum Gasteiger partial charge on any atom is -0.368 e. The summed E-state index contributed by atoms with van der Waals surface area (Å²) >= 11 is 0. The fourth-order valence-corrected chi connectivity index (χ4v) is 0.388. The first-order chi connectivity index (χ1) is 3.80. The Bertz CT molecular complexity index is 128. The van der Waals surface area contributed by atoms with Crippen LogP contribution in [0, 0.1) is 5.41 Å². The number of nitrogens with one attached hydrogen (secondary N) is 1. The number of hydrogen-bond acceptors (Lipinski definition) is 2. The van der Waals surface area contributed by atoms with Crippen LogP contribution >= 0.6 is 0 Å². The van der Waals surface area contributed by atoms with Crippen molar-refractivity contribution >= 4 is 12.3 Å². The van der Waals surface area contributed by atoms with E-state index >= 15 is 0 Å². The van der Waals surface area contributed by atoms with Crippen LogP contribution in [0.1, 0.15) is 0 Å². The zero-order valence-electron chi connectivity index (χ0n) is 4.20. The van der Waals surface area contributed by atoms with Gasteiger partial charge < -0.3 is 5.73 Å². The number of guanidine groups is 1. The van der Waals surface area contributed by atoms with Crippen molar-refractivity contribution in [1.29, 1.82) is 5.41 Å². The third-order valence-electron chi connectivity index (χ3n) is 0.766. The molecule has 0 fully saturated rings. The molecule has 0 aromatic rings. The second kappa shape index (κ2) is 1.69. The molecule has 0 amide bonds. The quantitative estimate of drug-likeness (QED) is 0.302. The van der Waals surface area contributed by atoms with E-state index in [4.69, 9.17) is 11.1 Å². The third-order valence-corrected chi connectivity index (χ3v) is 0.766. The fraction of sp³-hybridized carbons (Fsp3) is 0.333. The zero-order valence-corrected chi connectivity index (χ0v) is 4.20. The molecule has 0 aromatic carbocycles. The third kappa shape index (κ3) is 0.699. The molecule has 1 radical (unpaired) electrons. The molecule has 1 aliphatic rings. The first-order valence-corrected chi connectivity index (χ1v) is 2.11. The van der Waals surface area contributed by atoms with E-state index in [1.807, 2.05) is 0 Å². The van der Waals surface area contributed by atoms with Crippen LogP contribution in [-0.4, -0.2) is 24.0 Å². The Balaban J connectivity index is 2.48. The molecular formula is C3H6N5. The zero-order chi connectivity index (χ0) is 5.98. The van der Waals surface area contributed by atoms with Gasteiger partial charge in [0, 0.05) is 0 Å². The second-order valence-corrected chi connectivity index (χ2v) is 1.34. The minimum atomic E-state index is -0.0671. The normalized spacial score (nSPS) is 16.2. The lowest BCUT2D eigenvalue weighted by atomic mass is 10.9. The fourth-order valence-electron chi connectivity index (χ4n) is 0.388. The van der Waals surface area contributed by atoms with Gasteiger partial charge in [0.2, 0.25) is 5.96 Å². The van der Waals surface area contributed by atoms with E-state index in [9.17, 15) is 0 Å². The summed E-state index contributed by atoms with van der Waals surface area (Å²) in [6.07, 6.45) is 1.38. The van der Waals surface area contributed by atoms with Crippen molar-refractivity contribution in [3.05, 3.63) is 0 Å². The molecule has 1 aliphatic heterocycles. The Hall–Kier alpha value is -1.26. The topological polar surface area (TPSA) is 79.6 Å². The van der Waals surface area contributed by atoms with Gasteiger partial charge in [-0.2, -0.15) is 5.10 Å². The van der Waals surface area contributed by atoms with Gasteiger partial charge in [-0.15, -0.1) is 0 Å². The highest BCUT2D eigenvalue weighted by Crippen LogP contribution is 1.88. The van der Waals surface area contributed by atoms with Crippen molar-refractivity contribution in [2.75, 3.05) is 6.67 Å². The summed E-state index contributed by atoms with van der Waals surface area (Å²) in [5.74, 6) is -0.0671. The summed E-state index contributed by atoms with van der Waals surface area (Å²) in [5, 5.41) is 15.4. The largest absolute Gasteiger partial charge is 0.368 e. The molecule has 0 aliphatic carbocycles. The highest BCUT2D eigenvalue weighted by molar-refractivity contribution is 5.76. The monoisotopic (exact) mass is 112 g/mol. The lowest BCUT2D eigenvalue weighted by molar-refractivity contribution is 0.463. The van der Waals surface area contributed by atoms with E-state index in [2.05, 4.69) is 10.4 Å². The van der Waals surface area contributed by atoms with Gasteiger partial charge in [0.1, 0.15) is 13.0 Å². The van der Waals surface area contributed by atoms with Gasteiger partial charge in [0.25, 0.3) is 0 Å². The average Bonchev–Trinajstić information content (AvgIpc) is 2.12. The van der Waals surface area contributed by atoms with Crippen molar-refractivity contribution in [3.8, 4) is 0 Å². The average molecular weight is 112 g/mol. The second-order valence-electron chi connectivity index (χ2n) is 1.34. The van der Waals surface area contributed by atoms with Crippen LogP contribution in [0.2, 0.25) is 0 Å². The minimum absolute atomic E-state index is 0.0671. The Labute approximate surface area is 46.7 Å². The molecule has 43 valence electrons. The number of hydrazone groups is 1. The first-order valence-electron chi connectivity index (χ1n) is 2.11. The van der Waals surface area contributed by atoms with Gasteiger partial charge in [0.05, 0.1) is 0 Å². The van der Waals surface area contributed by atoms with Crippen LogP contribution < -0.4 is 11.1 Å². The van der Waals surface area contributed by atoms with Crippen LogP contribution in [0.5, 0.6) is 0 Å². The van der Waals surface area contributed by atoms with Gasteiger partial charge in [0.15, 0.2) is 0 Å². The van der Waals surface area contributed by atoms with Crippen molar-refractivity contribution in [2.45, 2.75) is 0 Å². The van der Waals surface area contributed by atoms with E-state index in [1.54, 1.807) is 0 Å². The van der Waals surface area contributed by atoms with Crippen LogP contribution in [0.4, 0.5) is 0 Å². The molecule has 0 atom stereocenters. The van der Waals surface area contributed by atoms with E-state index in [0.717, 1.165) is 0 Å². The molecule has 1 heterocycles. The van der Waals surface area contributed by atoms with Crippen LogP contribution in [0.25, 0.3) is 0 Å². The van der Waals surface area contributed by atoms with Crippen molar-refractivity contribution < 1.29 is 0 Å². The van der Waals surface area contributed by atoms with Gasteiger partial charge in [-0.25, -0.2) is 10.3 Å². The van der Waals surface area contributed by atoms with Gasteiger partial charge in [-0.1, -0.05) is 0 Å². The van der Waals surface area contributed by atoms with Crippen molar-refractivity contribution in [3.63, 3.8) is 0 Å². The molecule has 3 N–H and O–H groups in total. The number of hydrogen-bond donors (Lipinski definition) is 2. The van der Waals surface area contributed by atoms with E-state index in [0.29, 0.717) is 6.67 Å². The maximum Gasteiger partial charge on any atom is 0.211 e. The molecule has 0 unspecified atom stereocenters. The molecular weight excluding hydrogens is 106 g/mol. The summed E-state index contributed by atoms with van der Waals surface area (Å²) in [7, 11) is 0. The number of nitrogens with zero attached hydrogens (tertiary/aromatic N) is 3. The van der Waals surface area contributed by atoms with Gasteiger partial charge in [-0.3, -0.25) is 5.41 Å². The summed E-state index contributed by atoms with van der Waals surface area (Å²) in [6, 6.07) is 0. The predicted octanol–water partition coefficient (Wildman–Crippen LogP) is -1.30. The highest BCUT2D eigenvalue weighted by Gasteiger charge is 2.06. The van der Waals surface area contributed by atoms with Crippen molar-refractivity contribution in [2.24, 2.45) is 10.8 Å². The van der Waals surface area contributed by atoms with Crippen molar-refractivity contribution in [1.82, 2.24) is 10.3 Å². The van der Waals surface area contributed by atoms with E-state index in [-0.39, 0.29) is 5.96 Å². The van der Waals surface area contributed by atoms with Crippen LogP contribution in [0.15, 0.2) is 5.10 Å². The smallest absolute Gasteiger partial charge is 0.211 e. The lowest BCUT2D eigenvalue weighted by Gasteiger charge is -2.06. The first kappa shape index (κ1) is 4.89. The van der Waals surface area contributed by atoms with Gasteiger partial charge >= 0.3 is 0 Å². The van der Waals surface area contributed by atoms with Crippen LogP contribution in [-0.2, 0) is 0 Å². The summed E-state index contributed by atoms with van der Waals surface area (Å²) in [4.78, 5) is 0. The molecule has 5 heteroatoms. The SMILES string of the molecule is N=C(N)N1C[N]C=N1. The van der Waals surface area contributed by atoms with Crippen LogP contribution in [0.3, 0.4) is 0 Å². The Morgan fingerprint density at radius 3 is 2.88 bits per heavy atom. The number of rotatable bonds is 0. The Morgan fingerprint density at radius 1 is 1.88 bits per heavy atom. The molecule has 5 nitrogen and oxygen atoms in total. The molecule has 8 heavy (non-hydrogen) atoms. The Kier molecular flexibility index (Phi) is 1.03. The summed E-state index contributed by atoms with van der Waals surface area (Å²) in [5.41, 5.74) is 5.03. The Morgan fingerprint density at radius 2 is 2.62 bits per heavy atom. The maximum atomic E-state index is 6.82. The molecule has 0 aromatic heterocycles. The van der Waals surface area contributed by atoms with E-state index in [1.165, 1.54) is 11.3 Å². The lowest BCUT2D eigenvalue weighted by Crippen LogP contribution is -2.31.